The summed E-state index contributed by atoms with van der Waals surface area (Å²) < 4.78 is 0. The van der Waals surface area contributed by atoms with Gasteiger partial charge < -0.3 is 5.32 Å². The van der Waals surface area contributed by atoms with Crippen molar-refractivity contribution in [2.24, 2.45) is 0 Å². The van der Waals surface area contributed by atoms with Crippen molar-refractivity contribution in [2.45, 2.75) is 0 Å². The normalized spacial score (nSPS) is 12.6. The van der Waals surface area contributed by atoms with Crippen LogP contribution in [0.15, 0.2) is 60.7 Å². The number of fused-ring (bicyclic) bond motifs is 2. The van der Waals surface area contributed by atoms with Gasteiger partial charge in [-0.1, -0.05) is 47.7 Å². The summed E-state index contributed by atoms with van der Waals surface area (Å²) in [5.41, 5.74) is 1.28. The lowest BCUT2D eigenvalue weighted by Gasteiger charge is -2.20. The Balaban J connectivity index is 1.61. The first-order chi connectivity index (χ1) is 14.0. The molecule has 0 fully saturated rings. The molecule has 0 radical (unpaired) electrons. The van der Waals surface area contributed by atoms with E-state index in [4.69, 9.17) is 0 Å². The van der Waals surface area contributed by atoms with Crippen molar-refractivity contribution in [3.05, 3.63) is 97.9 Å². The van der Waals surface area contributed by atoms with Crippen LogP contribution in [0.5, 0.6) is 0 Å². The summed E-state index contributed by atoms with van der Waals surface area (Å²) in [4.78, 5) is 48.7. The van der Waals surface area contributed by atoms with Gasteiger partial charge in [-0.15, -0.1) is 0 Å². The van der Waals surface area contributed by atoms with Gasteiger partial charge in [0.25, 0.3) is 0 Å². The van der Waals surface area contributed by atoms with Crippen LogP contribution < -0.4 is 5.32 Å². The Morgan fingerprint density at radius 3 is 2.31 bits per heavy atom. The quantitative estimate of drug-likeness (QED) is 0.313. The molecule has 0 unspecified atom stereocenters. The third-order valence-electron chi connectivity index (χ3n) is 4.40. The highest BCUT2D eigenvalue weighted by atomic mass is 32.1. The molecule has 29 heavy (non-hydrogen) atoms. The molecule has 142 valence electrons. The number of ketones is 2. The minimum atomic E-state index is -0.520. The third kappa shape index (κ3) is 3.37. The molecule has 3 aromatic rings. The van der Waals surface area contributed by atoms with E-state index >= 15 is 0 Å². The summed E-state index contributed by atoms with van der Waals surface area (Å²) in [5.74, 6) is -1.12. The first-order valence-electron chi connectivity index (χ1n) is 8.50. The molecule has 1 aliphatic rings. The predicted octanol–water partition coefficient (Wildman–Crippen LogP) is 4.08. The number of anilines is 1. The molecule has 0 spiro atoms. The molecule has 0 atom stereocenters. The zero-order chi connectivity index (χ0) is 20.5. The van der Waals surface area contributed by atoms with Gasteiger partial charge in [0.2, 0.25) is 5.91 Å². The zero-order valence-electron chi connectivity index (χ0n) is 14.7. The summed E-state index contributed by atoms with van der Waals surface area (Å²) in [6.45, 7) is 0. The lowest BCUT2D eigenvalue weighted by atomic mass is 9.83. The van der Waals surface area contributed by atoms with Gasteiger partial charge >= 0.3 is 5.00 Å². The predicted molar refractivity (Wildman–Crippen MR) is 108 cm³/mol. The Morgan fingerprint density at radius 1 is 0.931 bits per heavy atom. The Bertz CT molecular complexity index is 1230. The van der Waals surface area contributed by atoms with Crippen molar-refractivity contribution in [1.29, 1.82) is 0 Å². The van der Waals surface area contributed by atoms with Crippen molar-refractivity contribution >= 4 is 45.6 Å². The van der Waals surface area contributed by atoms with Gasteiger partial charge in [-0.3, -0.25) is 24.5 Å². The topological polar surface area (TPSA) is 106 Å². The Kier molecular flexibility index (Phi) is 4.61. The van der Waals surface area contributed by atoms with Crippen LogP contribution >= 0.6 is 11.3 Å². The number of hydrogen-bond donors (Lipinski definition) is 1. The molecule has 4 rings (SSSR count). The monoisotopic (exact) mass is 404 g/mol. The van der Waals surface area contributed by atoms with E-state index in [9.17, 15) is 24.5 Å². The summed E-state index contributed by atoms with van der Waals surface area (Å²) in [5, 5.41) is 13.3. The number of rotatable bonds is 4. The average Bonchev–Trinajstić information content (AvgIpc) is 3.20. The summed E-state index contributed by atoms with van der Waals surface area (Å²) in [6, 6.07) is 14.2. The number of amides is 1. The largest absolute Gasteiger partial charge is 0.324 e. The zero-order valence-corrected chi connectivity index (χ0v) is 15.6. The minimum absolute atomic E-state index is 0.0232. The van der Waals surface area contributed by atoms with Crippen LogP contribution in [0, 0.1) is 10.1 Å². The molecular weight excluding hydrogens is 392 g/mol. The molecular formula is C21H12N2O5S. The van der Waals surface area contributed by atoms with Gasteiger partial charge in [0.15, 0.2) is 11.6 Å². The third-order valence-corrected chi connectivity index (χ3v) is 5.40. The van der Waals surface area contributed by atoms with E-state index in [-0.39, 0.29) is 33.4 Å². The van der Waals surface area contributed by atoms with E-state index in [2.05, 4.69) is 5.32 Å². The van der Waals surface area contributed by atoms with Crippen LogP contribution in [-0.4, -0.2) is 22.4 Å². The van der Waals surface area contributed by atoms with E-state index in [0.717, 1.165) is 11.3 Å². The van der Waals surface area contributed by atoms with E-state index in [1.807, 2.05) is 0 Å². The van der Waals surface area contributed by atoms with E-state index in [1.54, 1.807) is 42.5 Å². The van der Waals surface area contributed by atoms with Crippen LogP contribution in [0.25, 0.3) is 6.08 Å². The number of benzene rings is 2. The second-order valence-electron chi connectivity index (χ2n) is 6.19. The van der Waals surface area contributed by atoms with Crippen LogP contribution in [0.1, 0.15) is 36.7 Å². The van der Waals surface area contributed by atoms with E-state index in [0.29, 0.717) is 16.0 Å². The lowest BCUT2D eigenvalue weighted by Crippen LogP contribution is -2.23. The van der Waals surface area contributed by atoms with Crippen molar-refractivity contribution in [2.75, 3.05) is 5.32 Å². The molecule has 2 aromatic carbocycles. The Labute approximate surface area is 168 Å². The van der Waals surface area contributed by atoms with Crippen LogP contribution in [-0.2, 0) is 4.79 Å². The van der Waals surface area contributed by atoms with Gasteiger partial charge in [-0.2, -0.15) is 0 Å². The van der Waals surface area contributed by atoms with Gasteiger partial charge in [0.05, 0.1) is 16.2 Å². The highest BCUT2D eigenvalue weighted by Crippen LogP contribution is 2.32. The van der Waals surface area contributed by atoms with Crippen molar-refractivity contribution in [3.63, 3.8) is 0 Å². The van der Waals surface area contributed by atoms with E-state index < -0.39 is 10.8 Å². The van der Waals surface area contributed by atoms with Gasteiger partial charge in [0, 0.05) is 33.7 Å². The molecule has 1 aromatic heterocycles. The fourth-order valence-electron chi connectivity index (χ4n) is 3.11. The highest BCUT2D eigenvalue weighted by Gasteiger charge is 2.31. The fourth-order valence-corrected chi connectivity index (χ4v) is 3.84. The number of thiophene rings is 1. The maximum atomic E-state index is 12.9. The first kappa shape index (κ1) is 18.5. The van der Waals surface area contributed by atoms with Gasteiger partial charge in [0.1, 0.15) is 0 Å². The van der Waals surface area contributed by atoms with E-state index in [1.165, 1.54) is 24.3 Å². The number of carbonyl (C=O) groups is 3. The molecule has 1 heterocycles. The molecule has 0 saturated heterocycles. The molecule has 0 aliphatic heterocycles. The highest BCUT2D eigenvalue weighted by molar-refractivity contribution is 7.16. The molecule has 0 bridgehead atoms. The number of nitrogens with zero attached hydrogens (tertiary/aromatic N) is 1. The number of nitro groups is 1. The second-order valence-corrected chi connectivity index (χ2v) is 7.28. The molecule has 1 amide bonds. The average molecular weight is 404 g/mol. The summed E-state index contributed by atoms with van der Waals surface area (Å²) in [6.07, 6.45) is 2.67. The maximum absolute atomic E-state index is 12.9. The molecule has 7 nitrogen and oxygen atoms in total. The van der Waals surface area contributed by atoms with Crippen molar-refractivity contribution in [3.8, 4) is 0 Å². The second kappa shape index (κ2) is 7.25. The smallest absolute Gasteiger partial charge is 0.322 e. The molecule has 0 saturated carbocycles. The minimum Gasteiger partial charge on any atom is -0.322 e. The standard InChI is InChI=1S/C21H12N2O5S/c24-17(10-8-12-9-11-18(29-12)23(27)28)22-16-7-3-6-15-19(16)21(26)14-5-2-1-4-13(14)20(15)25/h1-11H,(H,22,24)/b10-8+. The van der Waals surface area contributed by atoms with Crippen LogP contribution in [0.4, 0.5) is 10.7 Å². The van der Waals surface area contributed by atoms with Crippen LogP contribution in [0.3, 0.4) is 0 Å². The van der Waals surface area contributed by atoms with Crippen LogP contribution in [0.2, 0.25) is 0 Å². The van der Waals surface area contributed by atoms with Gasteiger partial charge in [-0.25, -0.2) is 0 Å². The first-order valence-corrected chi connectivity index (χ1v) is 9.32. The number of hydrogen-bond acceptors (Lipinski definition) is 6. The summed E-state index contributed by atoms with van der Waals surface area (Å²) >= 11 is 0.940. The summed E-state index contributed by atoms with van der Waals surface area (Å²) in [7, 11) is 0. The fraction of sp³-hybridized carbons (Fsp3) is 0. The van der Waals surface area contributed by atoms with Crippen molar-refractivity contribution in [1.82, 2.24) is 0 Å². The molecule has 1 N–H and O–H groups in total. The SMILES string of the molecule is O=C(/C=C/c1ccc([N+](=O)[O-])s1)Nc1cccc2c1C(=O)c1ccccc1C2=O. The van der Waals surface area contributed by atoms with Gasteiger partial charge in [-0.05, 0) is 18.2 Å². The van der Waals surface area contributed by atoms with Crippen molar-refractivity contribution < 1.29 is 19.3 Å². The Hall–Kier alpha value is -3.91. The maximum Gasteiger partial charge on any atom is 0.324 e. The number of carbonyl (C=O) groups excluding carboxylic acids is 3. The molecule has 8 heteroatoms. The Morgan fingerprint density at radius 2 is 1.62 bits per heavy atom. The lowest BCUT2D eigenvalue weighted by molar-refractivity contribution is -0.380. The number of nitrogens with one attached hydrogen (secondary N) is 1. The molecule has 1 aliphatic carbocycles.